The molecule has 94 valence electrons. The van der Waals surface area contributed by atoms with Gasteiger partial charge in [-0.05, 0) is 30.2 Å². The molecule has 0 aliphatic carbocycles. The standard InChI is InChI=1S/C13H19FN2O/c1-4-9(2)12(15)13(17)16(3)11-7-5-10(14)6-8-11/h5-9,12H,4,15H2,1-3H3. The largest absolute Gasteiger partial charge is 0.320 e. The lowest BCUT2D eigenvalue weighted by Crippen LogP contribution is -2.45. The molecule has 0 fully saturated rings. The summed E-state index contributed by atoms with van der Waals surface area (Å²) >= 11 is 0. The Morgan fingerprint density at radius 1 is 1.41 bits per heavy atom. The Bertz CT molecular complexity index is 378. The summed E-state index contributed by atoms with van der Waals surface area (Å²) in [4.78, 5) is 13.5. The Kier molecular flexibility index (Phi) is 4.63. The third kappa shape index (κ3) is 3.27. The lowest BCUT2D eigenvalue weighted by molar-refractivity contribution is -0.120. The Labute approximate surface area is 101 Å². The first kappa shape index (κ1) is 13.6. The van der Waals surface area contributed by atoms with Crippen molar-refractivity contribution < 1.29 is 9.18 Å². The van der Waals surface area contributed by atoms with Crippen LogP contribution in [0.25, 0.3) is 0 Å². The monoisotopic (exact) mass is 238 g/mol. The zero-order valence-corrected chi connectivity index (χ0v) is 10.5. The highest BCUT2D eigenvalue weighted by atomic mass is 19.1. The van der Waals surface area contributed by atoms with Gasteiger partial charge in [0.05, 0.1) is 6.04 Å². The van der Waals surface area contributed by atoms with E-state index in [1.165, 1.54) is 17.0 Å². The van der Waals surface area contributed by atoms with Gasteiger partial charge in [-0.15, -0.1) is 0 Å². The molecule has 0 saturated heterocycles. The number of halogens is 1. The van der Waals surface area contributed by atoms with Gasteiger partial charge in [-0.3, -0.25) is 4.79 Å². The summed E-state index contributed by atoms with van der Waals surface area (Å²) in [5.41, 5.74) is 6.52. The van der Waals surface area contributed by atoms with Crippen LogP contribution in [0.3, 0.4) is 0 Å². The van der Waals surface area contributed by atoms with Crippen LogP contribution in [0.1, 0.15) is 20.3 Å². The van der Waals surface area contributed by atoms with E-state index < -0.39 is 6.04 Å². The number of carbonyl (C=O) groups excluding carboxylic acids is 1. The average Bonchev–Trinajstić information content (AvgIpc) is 2.36. The summed E-state index contributed by atoms with van der Waals surface area (Å²) in [6.07, 6.45) is 0.851. The molecule has 17 heavy (non-hydrogen) atoms. The number of nitrogens with zero attached hydrogens (tertiary/aromatic N) is 1. The van der Waals surface area contributed by atoms with Crippen LogP contribution >= 0.6 is 0 Å². The molecule has 0 aliphatic heterocycles. The molecular formula is C13H19FN2O. The summed E-state index contributed by atoms with van der Waals surface area (Å²) in [5, 5.41) is 0. The van der Waals surface area contributed by atoms with E-state index in [2.05, 4.69) is 0 Å². The van der Waals surface area contributed by atoms with Crippen LogP contribution in [0.15, 0.2) is 24.3 Å². The molecule has 1 rings (SSSR count). The molecule has 0 bridgehead atoms. The number of carbonyl (C=O) groups is 1. The Balaban J connectivity index is 2.79. The lowest BCUT2D eigenvalue weighted by atomic mass is 9.99. The van der Waals surface area contributed by atoms with E-state index in [4.69, 9.17) is 5.73 Å². The minimum Gasteiger partial charge on any atom is -0.320 e. The molecule has 0 heterocycles. The second-order valence-corrected chi connectivity index (χ2v) is 4.28. The van der Waals surface area contributed by atoms with Crippen molar-refractivity contribution in [1.82, 2.24) is 0 Å². The Morgan fingerprint density at radius 3 is 2.41 bits per heavy atom. The molecule has 2 unspecified atom stereocenters. The smallest absolute Gasteiger partial charge is 0.243 e. The first-order valence-electron chi connectivity index (χ1n) is 5.76. The first-order chi connectivity index (χ1) is 7.97. The molecule has 0 radical (unpaired) electrons. The van der Waals surface area contributed by atoms with E-state index in [9.17, 15) is 9.18 Å². The number of hydrogen-bond donors (Lipinski definition) is 1. The molecular weight excluding hydrogens is 219 g/mol. The van der Waals surface area contributed by atoms with Gasteiger partial charge >= 0.3 is 0 Å². The summed E-state index contributed by atoms with van der Waals surface area (Å²) in [6, 6.07) is 5.27. The van der Waals surface area contributed by atoms with Crippen molar-refractivity contribution in [1.29, 1.82) is 0 Å². The van der Waals surface area contributed by atoms with Crippen molar-refractivity contribution in [2.24, 2.45) is 11.7 Å². The highest BCUT2D eigenvalue weighted by Crippen LogP contribution is 2.16. The lowest BCUT2D eigenvalue weighted by Gasteiger charge is -2.24. The molecule has 2 N–H and O–H groups in total. The fourth-order valence-electron chi connectivity index (χ4n) is 1.51. The number of anilines is 1. The van der Waals surface area contributed by atoms with Crippen molar-refractivity contribution in [3.05, 3.63) is 30.1 Å². The molecule has 3 nitrogen and oxygen atoms in total. The first-order valence-corrected chi connectivity index (χ1v) is 5.76. The van der Waals surface area contributed by atoms with E-state index in [-0.39, 0.29) is 17.6 Å². The predicted molar refractivity (Wildman–Crippen MR) is 67.2 cm³/mol. The van der Waals surface area contributed by atoms with Gasteiger partial charge < -0.3 is 10.6 Å². The number of likely N-dealkylation sites (N-methyl/N-ethyl adjacent to an activating group) is 1. The van der Waals surface area contributed by atoms with Crippen molar-refractivity contribution in [3.8, 4) is 0 Å². The Hall–Kier alpha value is -1.42. The highest BCUT2D eigenvalue weighted by Gasteiger charge is 2.23. The van der Waals surface area contributed by atoms with E-state index in [1.54, 1.807) is 19.2 Å². The van der Waals surface area contributed by atoms with Gasteiger partial charge in [0.2, 0.25) is 5.91 Å². The number of amides is 1. The van der Waals surface area contributed by atoms with Crippen molar-refractivity contribution >= 4 is 11.6 Å². The molecule has 0 spiro atoms. The zero-order chi connectivity index (χ0) is 13.0. The van der Waals surface area contributed by atoms with E-state index >= 15 is 0 Å². The minimum absolute atomic E-state index is 0.130. The van der Waals surface area contributed by atoms with Crippen LogP contribution in [-0.4, -0.2) is 19.0 Å². The van der Waals surface area contributed by atoms with E-state index in [1.807, 2.05) is 13.8 Å². The summed E-state index contributed by atoms with van der Waals surface area (Å²) in [5.74, 6) is -0.336. The van der Waals surface area contributed by atoms with Crippen molar-refractivity contribution in [3.63, 3.8) is 0 Å². The van der Waals surface area contributed by atoms with Gasteiger partial charge in [0.25, 0.3) is 0 Å². The third-order valence-corrected chi connectivity index (χ3v) is 3.09. The van der Waals surface area contributed by atoms with Crippen LogP contribution in [0.5, 0.6) is 0 Å². The van der Waals surface area contributed by atoms with Gasteiger partial charge in [-0.25, -0.2) is 4.39 Å². The topological polar surface area (TPSA) is 46.3 Å². The molecule has 0 aliphatic rings. The van der Waals surface area contributed by atoms with Gasteiger partial charge in [-0.1, -0.05) is 20.3 Å². The second-order valence-electron chi connectivity index (χ2n) is 4.28. The third-order valence-electron chi connectivity index (χ3n) is 3.09. The van der Waals surface area contributed by atoms with Gasteiger partial charge in [-0.2, -0.15) is 0 Å². The van der Waals surface area contributed by atoms with E-state index in [0.29, 0.717) is 5.69 Å². The normalized spacial score (nSPS) is 14.2. The average molecular weight is 238 g/mol. The quantitative estimate of drug-likeness (QED) is 0.873. The summed E-state index contributed by atoms with van der Waals surface area (Å²) in [7, 11) is 1.65. The summed E-state index contributed by atoms with van der Waals surface area (Å²) < 4.78 is 12.8. The fraction of sp³-hybridized carbons (Fsp3) is 0.462. The van der Waals surface area contributed by atoms with Crippen LogP contribution in [0.4, 0.5) is 10.1 Å². The highest BCUT2D eigenvalue weighted by molar-refractivity contribution is 5.96. The van der Waals surface area contributed by atoms with Crippen LogP contribution < -0.4 is 10.6 Å². The van der Waals surface area contributed by atoms with E-state index in [0.717, 1.165) is 6.42 Å². The summed E-state index contributed by atoms with van der Waals surface area (Å²) in [6.45, 7) is 3.94. The van der Waals surface area contributed by atoms with Gasteiger partial charge in [0.1, 0.15) is 5.82 Å². The van der Waals surface area contributed by atoms with Gasteiger partial charge in [0.15, 0.2) is 0 Å². The van der Waals surface area contributed by atoms with Crippen LogP contribution in [-0.2, 0) is 4.79 Å². The van der Waals surface area contributed by atoms with Crippen LogP contribution in [0, 0.1) is 11.7 Å². The van der Waals surface area contributed by atoms with Gasteiger partial charge in [0, 0.05) is 12.7 Å². The maximum atomic E-state index is 12.8. The van der Waals surface area contributed by atoms with Crippen molar-refractivity contribution in [2.75, 3.05) is 11.9 Å². The number of rotatable bonds is 4. The zero-order valence-electron chi connectivity index (χ0n) is 10.5. The SMILES string of the molecule is CCC(C)C(N)C(=O)N(C)c1ccc(F)cc1. The minimum atomic E-state index is -0.518. The number of hydrogen-bond acceptors (Lipinski definition) is 2. The molecule has 2 atom stereocenters. The second kappa shape index (κ2) is 5.77. The molecule has 0 saturated carbocycles. The predicted octanol–water partition coefficient (Wildman–Crippen LogP) is 2.16. The molecule has 1 aromatic rings. The molecule has 0 aromatic heterocycles. The maximum Gasteiger partial charge on any atom is 0.243 e. The number of nitrogens with two attached hydrogens (primary N) is 1. The molecule has 1 amide bonds. The maximum absolute atomic E-state index is 12.8. The fourth-order valence-corrected chi connectivity index (χ4v) is 1.51. The van der Waals surface area contributed by atoms with Crippen LogP contribution in [0.2, 0.25) is 0 Å². The Morgan fingerprint density at radius 2 is 1.94 bits per heavy atom. The van der Waals surface area contributed by atoms with Crippen molar-refractivity contribution in [2.45, 2.75) is 26.3 Å². The molecule has 4 heteroatoms. The number of benzene rings is 1. The molecule has 1 aromatic carbocycles.